The average molecular weight is 562 g/mol. The minimum Gasteiger partial charge on any atom is -0.384 e. The van der Waals surface area contributed by atoms with E-state index in [0.717, 1.165) is 50.2 Å². The van der Waals surface area contributed by atoms with E-state index in [-0.39, 0.29) is 22.6 Å². The van der Waals surface area contributed by atoms with E-state index < -0.39 is 0 Å². The monoisotopic (exact) mass is 561 g/mol. The van der Waals surface area contributed by atoms with Crippen molar-refractivity contribution < 1.29 is 4.79 Å². The van der Waals surface area contributed by atoms with Crippen molar-refractivity contribution in [1.29, 1.82) is 0 Å². The first kappa shape index (κ1) is 25.7. The predicted molar refractivity (Wildman–Crippen MR) is 154 cm³/mol. The Morgan fingerprint density at radius 3 is 2.75 bits per heavy atom. The number of nitrogen functional groups attached to an aromatic ring is 1. The molecule has 10 nitrogen and oxygen atoms in total. The molecular weight excluding hydrogens is 526 g/mol. The lowest BCUT2D eigenvalue weighted by molar-refractivity contribution is -0.149. The van der Waals surface area contributed by atoms with E-state index in [1.165, 1.54) is 17.3 Å². The number of alkyl halides is 1. The summed E-state index contributed by atoms with van der Waals surface area (Å²) in [6.45, 7) is 10.6. The SMILES string of the molecule is C=CC(=O)N1CC2(CC(n3nc(-c4ccc(-n5nccc5N)nc4)c(C4C(Cl)C(C)CC5NNCC54)c3C)C2)C1. The topological polar surface area (TPSA) is 119 Å². The highest BCUT2D eigenvalue weighted by Gasteiger charge is 2.55. The quantitative estimate of drug-likeness (QED) is 0.323. The summed E-state index contributed by atoms with van der Waals surface area (Å²) in [6, 6.07) is 6.44. The van der Waals surface area contributed by atoms with Gasteiger partial charge in [0.2, 0.25) is 5.91 Å². The zero-order valence-electron chi connectivity index (χ0n) is 22.9. The Balaban J connectivity index is 1.25. The van der Waals surface area contributed by atoms with Crippen LogP contribution in [0.5, 0.6) is 0 Å². The molecule has 2 aliphatic carbocycles. The third-order valence-electron chi connectivity index (χ3n) is 9.78. The minimum absolute atomic E-state index is 0.00648. The Bertz CT molecular complexity index is 1450. The van der Waals surface area contributed by atoms with Crippen molar-refractivity contribution in [2.45, 2.75) is 56.5 Å². The fraction of sp³-hybridized carbons (Fsp3) is 0.517. The maximum atomic E-state index is 12.0. The number of likely N-dealkylation sites (tertiary alicyclic amines) is 1. The number of nitrogens with two attached hydrogens (primary N) is 1. The first-order chi connectivity index (χ1) is 19.3. The number of nitrogens with zero attached hydrogens (tertiary/aromatic N) is 6. The van der Waals surface area contributed by atoms with Crippen molar-refractivity contribution in [1.82, 2.24) is 40.3 Å². The average Bonchev–Trinajstić information content (AvgIpc) is 3.63. The first-order valence-electron chi connectivity index (χ1n) is 14.2. The number of fused-ring (bicyclic) bond motifs is 1. The molecule has 1 amide bonds. The summed E-state index contributed by atoms with van der Waals surface area (Å²) in [7, 11) is 0. The van der Waals surface area contributed by atoms with Crippen LogP contribution in [0.2, 0.25) is 0 Å². The number of hydrogen-bond acceptors (Lipinski definition) is 7. The van der Waals surface area contributed by atoms with Crippen LogP contribution in [0.1, 0.15) is 49.4 Å². The number of halogens is 1. The van der Waals surface area contributed by atoms with Crippen molar-refractivity contribution in [2.24, 2.45) is 17.3 Å². The van der Waals surface area contributed by atoms with Gasteiger partial charge in [0.25, 0.3) is 0 Å². The van der Waals surface area contributed by atoms with Crippen molar-refractivity contribution in [3.8, 4) is 17.1 Å². The van der Waals surface area contributed by atoms with Crippen LogP contribution >= 0.6 is 11.6 Å². The zero-order valence-corrected chi connectivity index (χ0v) is 23.7. The highest BCUT2D eigenvalue weighted by atomic mass is 35.5. The molecule has 1 spiro atoms. The highest BCUT2D eigenvalue weighted by molar-refractivity contribution is 6.21. The van der Waals surface area contributed by atoms with E-state index in [9.17, 15) is 4.79 Å². The van der Waals surface area contributed by atoms with E-state index in [1.54, 1.807) is 16.9 Å². The Labute approximate surface area is 238 Å². The van der Waals surface area contributed by atoms with Gasteiger partial charge in [0.05, 0.1) is 17.9 Å². The van der Waals surface area contributed by atoms with Gasteiger partial charge < -0.3 is 10.6 Å². The molecule has 11 heteroatoms. The van der Waals surface area contributed by atoms with Crippen molar-refractivity contribution in [3.05, 3.63) is 54.5 Å². The molecule has 210 valence electrons. The first-order valence-corrected chi connectivity index (χ1v) is 14.6. The lowest BCUT2D eigenvalue weighted by Crippen LogP contribution is -2.63. The van der Waals surface area contributed by atoms with Crippen molar-refractivity contribution >= 4 is 23.3 Å². The van der Waals surface area contributed by atoms with Gasteiger partial charge in [-0.05, 0) is 56.2 Å². The summed E-state index contributed by atoms with van der Waals surface area (Å²) in [5.41, 5.74) is 17.5. The lowest BCUT2D eigenvalue weighted by atomic mass is 9.60. The molecule has 0 radical (unpaired) electrons. The number of pyridine rings is 1. The summed E-state index contributed by atoms with van der Waals surface area (Å²) in [6.07, 6.45) is 8.04. The molecule has 3 aromatic heterocycles. The number of nitrogens with one attached hydrogen (secondary N) is 2. The number of carbonyl (C=O) groups is 1. The number of anilines is 1. The molecule has 2 aliphatic heterocycles. The smallest absolute Gasteiger partial charge is 0.245 e. The molecule has 3 aromatic rings. The Hall–Kier alpha value is -3.21. The Morgan fingerprint density at radius 1 is 1.27 bits per heavy atom. The standard InChI is InChI=1S/C29H36ClN9O/c1-4-24(40)37-14-29(15-37)10-19(11-29)38-17(3)25(26-20-13-33-35-21(20)9-16(2)27(26)30)28(36-38)18-5-6-23(32-12-18)39-22(31)7-8-34-39/h4-8,12,16,19-21,26-27,33,35H,1,9-11,13-15,31H2,2-3H3. The third-order valence-corrected chi connectivity index (χ3v) is 10.5. The van der Waals surface area contributed by atoms with E-state index >= 15 is 0 Å². The largest absolute Gasteiger partial charge is 0.384 e. The molecule has 4 fully saturated rings. The second kappa shape index (κ2) is 9.43. The van der Waals surface area contributed by atoms with Crippen LogP contribution in [0, 0.1) is 24.2 Å². The minimum atomic E-state index is 0.00648. The second-order valence-electron chi connectivity index (χ2n) is 12.3. The van der Waals surface area contributed by atoms with Gasteiger partial charge in [-0.2, -0.15) is 14.9 Å². The highest BCUT2D eigenvalue weighted by Crippen LogP contribution is 2.56. The third kappa shape index (κ3) is 3.91. The number of hydrazine groups is 1. The van der Waals surface area contributed by atoms with Gasteiger partial charge in [0.1, 0.15) is 5.82 Å². The Kier molecular flexibility index (Phi) is 6.07. The molecule has 2 saturated heterocycles. The number of rotatable bonds is 5. The molecule has 0 aromatic carbocycles. The van der Waals surface area contributed by atoms with E-state index in [1.807, 2.05) is 17.2 Å². The van der Waals surface area contributed by atoms with Gasteiger partial charge in [-0.25, -0.2) is 4.98 Å². The van der Waals surface area contributed by atoms with Crippen LogP contribution in [0.3, 0.4) is 0 Å². The molecule has 5 heterocycles. The molecule has 0 bridgehead atoms. The van der Waals surface area contributed by atoms with E-state index in [0.29, 0.717) is 35.6 Å². The molecule has 2 saturated carbocycles. The molecule has 40 heavy (non-hydrogen) atoms. The number of amides is 1. The number of aromatic nitrogens is 5. The zero-order chi connectivity index (χ0) is 27.8. The molecule has 7 rings (SSSR count). The van der Waals surface area contributed by atoms with Crippen LogP contribution < -0.4 is 16.6 Å². The van der Waals surface area contributed by atoms with Crippen LogP contribution in [-0.4, -0.2) is 66.4 Å². The number of hydrogen-bond donors (Lipinski definition) is 3. The summed E-state index contributed by atoms with van der Waals surface area (Å²) < 4.78 is 3.86. The summed E-state index contributed by atoms with van der Waals surface area (Å²) in [4.78, 5) is 18.6. The number of carbonyl (C=O) groups excluding carboxylic acids is 1. The van der Waals surface area contributed by atoms with Crippen LogP contribution in [0.4, 0.5) is 5.82 Å². The van der Waals surface area contributed by atoms with Gasteiger partial charge >= 0.3 is 0 Å². The molecular formula is C29H36ClN9O. The maximum absolute atomic E-state index is 12.0. The summed E-state index contributed by atoms with van der Waals surface area (Å²) in [5.74, 6) is 2.13. The molecule has 4 aliphatic rings. The van der Waals surface area contributed by atoms with Gasteiger partial charge in [0, 0.05) is 71.5 Å². The van der Waals surface area contributed by atoms with Crippen molar-refractivity contribution in [3.63, 3.8) is 0 Å². The van der Waals surface area contributed by atoms with Crippen LogP contribution in [-0.2, 0) is 4.79 Å². The fourth-order valence-electron chi connectivity index (χ4n) is 7.74. The van der Waals surface area contributed by atoms with Gasteiger partial charge in [-0.15, -0.1) is 11.6 Å². The normalized spacial score (nSPS) is 29.2. The molecule has 5 unspecified atom stereocenters. The summed E-state index contributed by atoms with van der Waals surface area (Å²) >= 11 is 7.27. The van der Waals surface area contributed by atoms with Crippen LogP contribution in [0.15, 0.2) is 43.2 Å². The molecule has 4 N–H and O–H groups in total. The van der Waals surface area contributed by atoms with Gasteiger partial charge in [-0.1, -0.05) is 13.5 Å². The summed E-state index contributed by atoms with van der Waals surface area (Å²) in [5, 5.41) is 9.59. The predicted octanol–water partition coefficient (Wildman–Crippen LogP) is 3.19. The van der Waals surface area contributed by atoms with Crippen molar-refractivity contribution in [2.75, 3.05) is 25.4 Å². The van der Waals surface area contributed by atoms with Gasteiger partial charge in [-0.3, -0.25) is 20.3 Å². The molecule has 5 atom stereocenters. The fourth-order valence-corrected chi connectivity index (χ4v) is 8.15. The van der Waals surface area contributed by atoms with Crippen LogP contribution in [0.25, 0.3) is 17.1 Å². The van der Waals surface area contributed by atoms with Gasteiger partial charge in [0.15, 0.2) is 5.82 Å². The van der Waals surface area contributed by atoms with E-state index in [4.69, 9.17) is 27.4 Å². The van der Waals surface area contributed by atoms with E-state index in [2.05, 4.69) is 47.1 Å². The maximum Gasteiger partial charge on any atom is 0.245 e. The lowest BCUT2D eigenvalue weighted by Gasteiger charge is -2.58. The second-order valence-corrected chi connectivity index (χ2v) is 12.8. The Morgan fingerprint density at radius 2 is 2.08 bits per heavy atom.